The van der Waals surface area contributed by atoms with Gasteiger partial charge in [0.25, 0.3) is 0 Å². The van der Waals surface area contributed by atoms with Crippen molar-refractivity contribution in [3.63, 3.8) is 0 Å². The molecule has 2 heterocycles. The van der Waals surface area contributed by atoms with Crippen molar-refractivity contribution in [2.24, 2.45) is 0 Å². The third-order valence-corrected chi connectivity index (χ3v) is 3.25. The van der Waals surface area contributed by atoms with Gasteiger partial charge in [0.05, 0.1) is 12.5 Å². The highest BCUT2D eigenvalue weighted by Gasteiger charge is 2.22. The Balaban J connectivity index is 2.55. The molecule has 0 bridgehead atoms. The quantitative estimate of drug-likeness (QED) is 0.826. The van der Waals surface area contributed by atoms with Crippen LogP contribution in [0.2, 0.25) is 0 Å². The topological polar surface area (TPSA) is 114 Å². The van der Waals surface area contributed by atoms with E-state index < -0.39 is 17.6 Å². The summed E-state index contributed by atoms with van der Waals surface area (Å²) in [6.45, 7) is 5.10. The molecular weight excluding hydrogens is 262 g/mol. The van der Waals surface area contributed by atoms with Crippen molar-refractivity contribution in [2.75, 3.05) is 0 Å². The van der Waals surface area contributed by atoms with Crippen LogP contribution in [-0.4, -0.2) is 35.8 Å². The summed E-state index contributed by atoms with van der Waals surface area (Å²) < 4.78 is 1.39. The molecule has 2 rings (SSSR count). The number of nitrogens with one attached hydrogen (secondary N) is 1. The van der Waals surface area contributed by atoms with Gasteiger partial charge in [-0.2, -0.15) is 10.1 Å². The van der Waals surface area contributed by atoms with E-state index in [0.717, 1.165) is 0 Å². The smallest absolute Gasteiger partial charge is 0.348 e. The molecule has 0 aromatic carbocycles. The number of carboxylic acid groups (broad SMARTS) is 1. The van der Waals surface area contributed by atoms with Crippen LogP contribution in [0.4, 0.5) is 0 Å². The largest absolute Gasteiger partial charge is 0.481 e. The summed E-state index contributed by atoms with van der Waals surface area (Å²) in [7, 11) is 0. The summed E-state index contributed by atoms with van der Waals surface area (Å²) in [5, 5.41) is 15.5. The standard InChI is InChI=1S/C12H15N5O3/c1-6(11(18)19)10-7(2)15-12(20)17(8(10)3)4-9-13-5-14-16-9/h5-6H,4H2,1-3H3,(H,18,19)(H,13,14,16). The number of hydrogen-bond acceptors (Lipinski definition) is 5. The first kappa shape index (κ1) is 13.9. The Bertz CT molecular complexity index is 690. The molecule has 0 saturated heterocycles. The molecule has 1 atom stereocenters. The lowest BCUT2D eigenvalue weighted by Gasteiger charge is -2.17. The zero-order chi connectivity index (χ0) is 14.9. The van der Waals surface area contributed by atoms with Crippen LogP contribution in [0.15, 0.2) is 11.1 Å². The summed E-state index contributed by atoms with van der Waals surface area (Å²) in [6, 6.07) is 0. The van der Waals surface area contributed by atoms with E-state index in [1.165, 1.54) is 10.9 Å². The van der Waals surface area contributed by atoms with Crippen molar-refractivity contribution < 1.29 is 9.90 Å². The van der Waals surface area contributed by atoms with Crippen LogP contribution in [-0.2, 0) is 11.3 Å². The molecule has 8 heteroatoms. The van der Waals surface area contributed by atoms with Gasteiger partial charge < -0.3 is 5.11 Å². The Morgan fingerprint density at radius 3 is 2.75 bits per heavy atom. The SMILES string of the molecule is Cc1nc(=O)n(Cc2ncn[nH]2)c(C)c1C(C)C(=O)O. The maximum atomic E-state index is 12.0. The molecule has 2 aromatic rings. The van der Waals surface area contributed by atoms with Crippen molar-refractivity contribution in [3.05, 3.63) is 39.6 Å². The first-order valence-corrected chi connectivity index (χ1v) is 6.06. The lowest BCUT2D eigenvalue weighted by atomic mass is 9.98. The average Bonchev–Trinajstić information content (AvgIpc) is 2.86. The molecule has 0 fully saturated rings. The number of aliphatic carboxylic acids is 1. The molecule has 8 nitrogen and oxygen atoms in total. The summed E-state index contributed by atoms with van der Waals surface area (Å²) in [6.07, 6.45) is 1.35. The minimum atomic E-state index is -0.956. The molecule has 106 valence electrons. The van der Waals surface area contributed by atoms with Gasteiger partial charge in [0.15, 0.2) is 0 Å². The second-order valence-electron chi connectivity index (χ2n) is 4.56. The summed E-state index contributed by atoms with van der Waals surface area (Å²) >= 11 is 0. The number of aromatic nitrogens is 5. The fourth-order valence-corrected chi connectivity index (χ4v) is 2.21. The second kappa shape index (κ2) is 5.24. The van der Waals surface area contributed by atoms with Crippen LogP contribution in [0.25, 0.3) is 0 Å². The van der Waals surface area contributed by atoms with Gasteiger partial charge in [-0.25, -0.2) is 9.78 Å². The first-order valence-electron chi connectivity index (χ1n) is 6.06. The Morgan fingerprint density at radius 1 is 1.50 bits per heavy atom. The number of nitrogens with zero attached hydrogens (tertiary/aromatic N) is 4. The van der Waals surface area contributed by atoms with Gasteiger partial charge in [-0.05, 0) is 20.8 Å². The Morgan fingerprint density at radius 2 is 2.20 bits per heavy atom. The minimum Gasteiger partial charge on any atom is -0.481 e. The Kier molecular flexibility index (Phi) is 3.64. The number of hydrogen-bond donors (Lipinski definition) is 2. The zero-order valence-corrected chi connectivity index (χ0v) is 11.4. The number of aromatic amines is 1. The average molecular weight is 277 g/mol. The highest BCUT2D eigenvalue weighted by molar-refractivity contribution is 5.76. The molecule has 0 aliphatic rings. The van der Waals surface area contributed by atoms with Crippen LogP contribution in [0.1, 0.15) is 35.6 Å². The lowest BCUT2D eigenvalue weighted by Crippen LogP contribution is -2.30. The van der Waals surface area contributed by atoms with Gasteiger partial charge in [0.2, 0.25) is 0 Å². The van der Waals surface area contributed by atoms with E-state index in [9.17, 15) is 9.59 Å². The Hall–Kier alpha value is -2.51. The van der Waals surface area contributed by atoms with E-state index >= 15 is 0 Å². The van der Waals surface area contributed by atoms with Gasteiger partial charge in [-0.1, -0.05) is 0 Å². The molecule has 20 heavy (non-hydrogen) atoms. The predicted octanol–water partition coefficient (Wildman–Crippen LogP) is 0.215. The lowest BCUT2D eigenvalue weighted by molar-refractivity contribution is -0.138. The fraction of sp³-hybridized carbons (Fsp3) is 0.417. The molecule has 1 unspecified atom stereocenters. The maximum Gasteiger partial charge on any atom is 0.348 e. The number of carbonyl (C=O) groups is 1. The van der Waals surface area contributed by atoms with E-state index in [1.54, 1.807) is 20.8 Å². The maximum absolute atomic E-state index is 12.0. The summed E-state index contributed by atoms with van der Waals surface area (Å²) in [5.74, 6) is -1.18. The van der Waals surface area contributed by atoms with Gasteiger partial charge in [0.1, 0.15) is 12.2 Å². The van der Waals surface area contributed by atoms with Crippen molar-refractivity contribution in [1.29, 1.82) is 0 Å². The van der Waals surface area contributed by atoms with Crippen LogP contribution in [0.5, 0.6) is 0 Å². The van der Waals surface area contributed by atoms with E-state index in [4.69, 9.17) is 5.11 Å². The first-order chi connectivity index (χ1) is 9.41. The van der Waals surface area contributed by atoms with Crippen LogP contribution in [0.3, 0.4) is 0 Å². The molecule has 0 aliphatic carbocycles. The van der Waals surface area contributed by atoms with Gasteiger partial charge in [-0.3, -0.25) is 14.5 Å². The Labute approximate surface area is 114 Å². The monoisotopic (exact) mass is 277 g/mol. The highest BCUT2D eigenvalue weighted by atomic mass is 16.4. The summed E-state index contributed by atoms with van der Waals surface area (Å²) in [4.78, 5) is 31.0. The van der Waals surface area contributed by atoms with Crippen molar-refractivity contribution in [2.45, 2.75) is 33.2 Å². The van der Waals surface area contributed by atoms with Crippen LogP contribution in [0, 0.1) is 13.8 Å². The number of H-pyrrole nitrogens is 1. The van der Waals surface area contributed by atoms with E-state index in [0.29, 0.717) is 22.8 Å². The van der Waals surface area contributed by atoms with E-state index in [-0.39, 0.29) is 6.54 Å². The molecule has 2 N–H and O–H groups in total. The summed E-state index contributed by atoms with van der Waals surface area (Å²) in [5.41, 5.74) is 1.14. The van der Waals surface area contributed by atoms with Gasteiger partial charge in [-0.15, -0.1) is 0 Å². The molecule has 0 radical (unpaired) electrons. The molecule has 0 spiro atoms. The third kappa shape index (κ3) is 2.44. The van der Waals surface area contributed by atoms with E-state index in [2.05, 4.69) is 20.2 Å². The third-order valence-electron chi connectivity index (χ3n) is 3.25. The predicted molar refractivity (Wildman–Crippen MR) is 69.5 cm³/mol. The van der Waals surface area contributed by atoms with Gasteiger partial charge in [0, 0.05) is 17.0 Å². The van der Waals surface area contributed by atoms with E-state index in [1.807, 2.05) is 0 Å². The highest BCUT2D eigenvalue weighted by Crippen LogP contribution is 2.21. The minimum absolute atomic E-state index is 0.178. The van der Waals surface area contributed by atoms with Crippen molar-refractivity contribution in [3.8, 4) is 0 Å². The molecule has 0 aliphatic heterocycles. The number of carboxylic acids is 1. The molecule has 0 amide bonds. The number of aryl methyl sites for hydroxylation is 1. The van der Waals surface area contributed by atoms with Crippen LogP contribution >= 0.6 is 0 Å². The van der Waals surface area contributed by atoms with Crippen molar-refractivity contribution in [1.82, 2.24) is 24.7 Å². The molecule has 0 saturated carbocycles. The van der Waals surface area contributed by atoms with Crippen LogP contribution < -0.4 is 5.69 Å². The van der Waals surface area contributed by atoms with Gasteiger partial charge >= 0.3 is 11.7 Å². The zero-order valence-electron chi connectivity index (χ0n) is 11.4. The molecular formula is C12H15N5O3. The normalized spacial score (nSPS) is 12.3. The molecule has 2 aromatic heterocycles. The number of rotatable bonds is 4. The fourth-order valence-electron chi connectivity index (χ4n) is 2.21. The second-order valence-corrected chi connectivity index (χ2v) is 4.56. The van der Waals surface area contributed by atoms with Crippen molar-refractivity contribution >= 4 is 5.97 Å².